The number of aryl methyl sites for hydroxylation is 1. The van der Waals surface area contributed by atoms with E-state index in [-0.39, 0.29) is 0 Å². The standard InChI is InChI=1S/C9H9N3/c1-6-4-8-7(11-5-6)2-3-9(10)12-8/h2-5H,1H3,(H2,10,12). The van der Waals surface area contributed by atoms with Gasteiger partial charge in [0.2, 0.25) is 0 Å². The number of pyridine rings is 2. The smallest absolute Gasteiger partial charge is 0.124 e. The maximum Gasteiger partial charge on any atom is 0.124 e. The lowest BCUT2D eigenvalue weighted by Gasteiger charge is -1.98. The molecule has 2 heterocycles. The van der Waals surface area contributed by atoms with E-state index in [2.05, 4.69) is 9.97 Å². The highest BCUT2D eigenvalue weighted by molar-refractivity contribution is 5.76. The Bertz CT molecular complexity index is 386. The second kappa shape index (κ2) is 2.44. The van der Waals surface area contributed by atoms with Gasteiger partial charge in [-0.05, 0) is 30.7 Å². The lowest BCUT2D eigenvalue weighted by molar-refractivity contribution is 1.29. The fraction of sp³-hybridized carbons (Fsp3) is 0.111. The summed E-state index contributed by atoms with van der Waals surface area (Å²) in [6, 6.07) is 5.60. The van der Waals surface area contributed by atoms with Gasteiger partial charge < -0.3 is 5.73 Å². The van der Waals surface area contributed by atoms with Crippen molar-refractivity contribution in [1.29, 1.82) is 0 Å². The minimum absolute atomic E-state index is 0.537. The molecule has 0 radical (unpaired) electrons. The van der Waals surface area contributed by atoms with Gasteiger partial charge in [0.05, 0.1) is 11.0 Å². The Hall–Kier alpha value is -1.64. The Morgan fingerprint density at radius 3 is 2.92 bits per heavy atom. The summed E-state index contributed by atoms with van der Waals surface area (Å²) in [6.07, 6.45) is 1.82. The molecule has 0 amide bonds. The Labute approximate surface area is 70.3 Å². The number of nitrogen functional groups attached to an aromatic ring is 1. The van der Waals surface area contributed by atoms with Gasteiger partial charge in [-0.1, -0.05) is 0 Å². The van der Waals surface area contributed by atoms with Crippen LogP contribution in [-0.2, 0) is 0 Å². The van der Waals surface area contributed by atoms with Gasteiger partial charge in [0.1, 0.15) is 5.82 Å². The molecule has 12 heavy (non-hydrogen) atoms. The van der Waals surface area contributed by atoms with Crippen LogP contribution in [0.4, 0.5) is 5.82 Å². The van der Waals surface area contributed by atoms with E-state index in [1.54, 1.807) is 6.07 Å². The Kier molecular flexibility index (Phi) is 1.43. The van der Waals surface area contributed by atoms with E-state index in [0.717, 1.165) is 16.6 Å². The number of nitrogens with zero attached hydrogens (tertiary/aromatic N) is 2. The van der Waals surface area contributed by atoms with Crippen LogP contribution in [0.15, 0.2) is 24.4 Å². The first kappa shape index (κ1) is 7.03. The molecule has 0 atom stereocenters. The Balaban J connectivity index is 2.80. The number of hydrogen-bond donors (Lipinski definition) is 1. The average molecular weight is 159 g/mol. The minimum atomic E-state index is 0.537. The second-order valence-corrected chi connectivity index (χ2v) is 2.79. The fourth-order valence-corrected chi connectivity index (χ4v) is 1.12. The third-order valence-electron chi connectivity index (χ3n) is 1.70. The van der Waals surface area contributed by atoms with E-state index < -0.39 is 0 Å². The molecule has 2 rings (SSSR count). The molecule has 0 aliphatic carbocycles. The zero-order chi connectivity index (χ0) is 8.55. The topological polar surface area (TPSA) is 51.8 Å². The maximum absolute atomic E-state index is 5.54. The first-order valence-corrected chi connectivity index (χ1v) is 3.74. The van der Waals surface area contributed by atoms with E-state index in [1.807, 2.05) is 25.3 Å². The molecule has 3 nitrogen and oxygen atoms in total. The van der Waals surface area contributed by atoms with Crippen molar-refractivity contribution in [2.45, 2.75) is 6.92 Å². The number of fused-ring (bicyclic) bond motifs is 1. The van der Waals surface area contributed by atoms with Crippen molar-refractivity contribution in [3.05, 3.63) is 30.0 Å². The molecule has 60 valence electrons. The Morgan fingerprint density at radius 1 is 1.25 bits per heavy atom. The molecule has 0 spiro atoms. The van der Waals surface area contributed by atoms with Crippen LogP contribution in [0.5, 0.6) is 0 Å². The van der Waals surface area contributed by atoms with Crippen molar-refractivity contribution in [2.75, 3.05) is 5.73 Å². The molecule has 0 bridgehead atoms. The monoisotopic (exact) mass is 159 g/mol. The number of anilines is 1. The largest absolute Gasteiger partial charge is 0.384 e. The minimum Gasteiger partial charge on any atom is -0.384 e. The summed E-state index contributed by atoms with van der Waals surface area (Å²) in [5.74, 6) is 0.537. The van der Waals surface area contributed by atoms with Crippen LogP contribution in [0.25, 0.3) is 11.0 Å². The number of hydrogen-bond acceptors (Lipinski definition) is 3. The third-order valence-corrected chi connectivity index (χ3v) is 1.70. The van der Waals surface area contributed by atoms with E-state index >= 15 is 0 Å². The van der Waals surface area contributed by atoms with E-state index in [9.17, 15) is 0 Å². The molecule has 0 fully saturated rings. The van der Waals surface area contributed by atoms with Gasteiger partial charge in [-0.3, -0.25) is 4.98 Å². The van der Waals surface area contributed by atoms with Crippen LogP contribution in [0.3, 0.4) is 0 Å². The van der Waals surface area contributed by atoms with E-state index in [0.29, 0.717) is 5.82 Å². The highest BCUT2D eigenvalue weighted by Crippen LogP contribution is 2.11. The zero-order valence-corrected chi connectivity index (χ0v) is 6.78. The van der Waals surface area contributed by atoms with Crippen LogP contribution >= 0.6 is 0 Å². The Morgan fingerprint density at radius 2 is 2.08 bits per heavy atom. The van der Waals surface area contributed by atoms with Gasteiger partial charge in [-0.15, -0.1) is 0 Å². The molecule has 2 aromatic heterocycles. The first-order chi connectivity index (χ1) is 5.75. The quantitative estimate of drug-likeness (QED) is 0.634. The molecule has 2 aromatic rings. The van der Waals surface area contributed by atoms with Gasteiger partial charge in [-0.2, -0.15) is 0 Å². The van der Waals surface area contributed by atoms with Crippen LogP contribution in [0, 0.1) is 6.92 Å². The van der Waals surface area contributed by atoms with Gasteiger partial charge in [0.25, 0.3) is 0 Å². The summed E-state index contributed by atoms with van der Waals surface area (Å²) in [5.41, 5.74) is 8.37. The first-order valence-electron chi connectivity index (χ1n) is 3.74. The molecular weight excluding hydrogens is 150 g/mol. The predicted molar refractivity (Wildman–Crippen MR) is 48.7 cm³/mol. The normalized spacial score (nSPS) is 10.4. The summed E-state index contributed by atoms with van der Waals surface area (Å²) in [4.78, 5) is 8.36. The van der Waals surface area contributed by atoms with E-state index in [1.165, 1.54) is 0 Å². The second-order valence-electron chi connectivity index (χ2n) is 2.79. The number of aromatic nitrogens is 2. The van der Waals surface area contributed by atoms with Gasteiger partial charge in [0, 0.05) is 6.20 Å². The van der Waals surface area contributed by atoms with Crippen molar-refractivity contribution in [3.63, 3.8) is 0 Å². The van der Waals surface area contributed by atoms with E-state index in [4.69, 9.17) is 5.73 Å². The van der Waals surface area contributed by atoms with Gasteiger partial charge >= 0.3 is 0 Å². The van der Waals surface area contributed by atoms with Crippen molar-refractivity contribution in [3.8, 4) is 0 Å². The fourth-order valence-electron chi connectivity index (χ4n) is 1.12. The molecule has 0 aliphatic heterocycles. The van der Waals surface area contributed by atoms with Crippen LogP contribution < -0.4 is 5.73 Å². The maximum atomic E-state index is 5.54. The van der Waals surface area contributed by atoms with Gasteiger partial charge in [-0.25, -0.2) is 4.98 Å². The summed E-state index contributed by atoms with van der Waals surface area (Å²) in [5, 5.41) is 0. The third kappa shape index (κ3) is 1.09. The lowest BCUT2D eigenvalue weighted by atomic mass is 10.2. The van der Waals surface area contributed by atoms with Crippen molar-refractivity contribution < 1.29 is 0 Å². The van der Waals surface area contributed by atoms with Crippen LogP contribution in [0.1, 0.15) is 5.56 Å². The lowest BCUT2D eigenvalue weighted by Crippen LogP contribution is -1.91. The molecule has 0 unspecified atom stereocenters. The van der Waals surface area contributed by atoms with Gasteiger partial charge in [0.15, 0.2) is 0 Å². The molecule has 2 N–H and O–H groups in total. The summed E-state index contributed by atoms with van der Waals surface area (Å²) in [7, 11) is 0. The zero-order valence-electron chi connectivity index (χ0n) is 6.78. The summed E-state index contributed by atoms with van der Waals surface area (Å²) >= 11 is 0. The highest BCUT2D eigenvalue weighted by atomic mass is 14.8. The van der Waals surface area contributed by atoms with Crippen LogP contribution in [0.2, 0.25) is 0 Å². The van der Waals surface area contributed by atoms with Crippen LogP contribution in [-0.4, -0.2) is 9.97 Å². The number of rotatable bonds is 0. The molecule has 3 heteroatoms. The average Bonchev–Trinajstić information content (AvgIpc) is 2.03. The molecular formula is C9H9N3. The molecule has 0 aliphatic rings. The predicted octanol–water partition coefficient (Wildman–Crippen LogP) is 1.52. The number of nitrogens with two attached hydrogens (primary N) is 1. The molecule has 0 saturated carbocycles. The summed E-state index contributed by atoms with van der Waals surface area (Å²) in [6.45, 7) is 1.98. The molecule has 0 saturated heterocycles. The SMILES string of the molecule is Cc1cnc2ccc(N)nc2c1. The van der Waals surface area contributed by atoms with Crippen molar-refractivity contribution in [1.82, 2.24) is 9.97 Å². The summed E-state index contributed by atoms with van der Waals surface area (Å²) < 4.78 is 0. The van der Waals surface area contributed by atoms with Crippen molar-refractivity contribution >= 4 is 16.9 Å². The highest BCUT2D eigenvalue weighted by Gasteiger charge is 1.95. The molecule has 0 aromatic carbocycles. The van der Waals surface area contributed by atoms with Crippen molar-refractivity contribution in [2.24, 2.45) is 0 Å².